The second kappa shape index (κ2) is 5.31. The van der Waals surface area contributed by atoms with Crippen LogP contribution in [-0.2, 0) is 0 Å². The lowest BCUT2D eigenvalue weighted by molar-refractivity contribution is 0.208. The first-order chi connectivity index (χ1) is 7.34. The number of ether oxygens (including phenoxy) is 1. The first-order valence-electron chi connectivity index (χ1n) is 5.45. The highest BCUT2D eigenvalue weighted by Crippen LogP contribution is 2.24. The van der Waals surface area contributed by atoms with Crippen LogP contribution in [0.25, 0.3) is 0 Å². The first-order valence-corrected chi connectivity index (χ1v) is 5.83. The molecule has 0 aromatic carbocycles. The molecular weight excluding hydrogens is 212 g/mol. The molecule has 82 valence electrons. The van der Waals surface area contributed by atoms with E-state index in [1.165, 1.54) is 32.1 Å². The summed E-state index contributed by atoms with van der Waals surface area (Å²) in [7, 11) is 0. The fourth-order valence-electron chi connectivity index (χ4n) is 1.97. The van der Waals surface area contributed by atoms with Gasteiger partial charge in [-0.15, -0.1) is 5.10 Å². The standard InChI is InChI=1S/C11H15ClN2O/c12-11-6-10(7-13-14-11)15-8-9-4-2-1-3-5-9/h6-7,9H,1-5,8H2. The van der Waals surface area contributed by atoms with Gasteiger partial charge < -0.3 is 4.74 Å². The third-order valence-electron chi connectivity index (χ3n) is 2.81. The molecule has 0 saturated heterocycles. The molecular formula is C11H15ClN2O. The summed E-state index contributed by atoms with van der Waals surface area (Å²) in [6, 6.07) is 1.71. The van der Waals surface area contributed by atoms with Crippen molar-refractivity contribution in [2.24, 2.45) is 5.92 Å². The van der Waals surface area contributed by atoms with Crippen LogP contribution in [0.3, 0.4) is 0 Å². The summed E-state index contributed by atoms with van der Waals surface area (Å²) in [5.74, 6) is 1.42. The van der Waals surface area contributed by atoms with E-state index in [2.05, 4.69) is 10.2 Å². The zero-order chi connectivity index (χ0) is 10.5. The van der Waals surface area contributed by atoms with Crippen LogP contribution in [0.5, 0.6) is 5.75 Å². The molecule has 0 atom stereocenters. The van der Waals surface area contributed by atoms with Gasteiger partial charge in [-0.05, 0) is 18.8 Å². The molecule has 0 amide bonds. The van der Waals surface area contributed by atoms with Gasteiger partial charge in [-0.1, -0.05) is 30.9 Å². The Hall–Kier alpha value is -0.830. The van der Waals surface area contributed by atoms with Gasteiger partial charge in [0.2, 0.25) is 0 Å². The Bertz CT molecular complexity index is 313. The molecule has 0 spiro atoms. The van der Waals surface area contributed by atoms with Gasteiger partial charge in [-0.2, -0.15) is 5.10 Å². The van der Waals surface area contributed by atoms with Crippen molar-refractivity contribution in [1.29, 1.82) is 0 Å². The predicted molar refractivity (Wildman–Crippen MR) is 59.1 cm³/mol. The average Bonchev–Trinajstić information content (AvgIpc) is 2.28. The van der Waals surface area contributed by atoms with E-state index in [-0.39, 0.29) is 0 Å². The SMILES string of the molecule is Clc1cc(OCC2CCCCC2)cnn1. The Morgan fingerprint density at radius 1 is 1.33 bits per heavy atom. The Labute approximate surface area is 94.8 Å². The second-order valence-corrected chi connectivity index (χ2v) is 4.42. The number of rotatable bonds is 3. The Morgan fingerprint density at radius 3 is 2.87 bits per heavy atom. The maximum Gasteiger partial charge on any atom is 0.155 e. The molecule has 2 rings (SSSR count). The normalized spacial score (nSPS) is 17.7. The monoisotopic (exact) mass is 226 g/mol. The number of aromatic nitrogens is 2. The molecule has 3 nitrogen and oxygen atoms in total. The van der Waals surface area contributed by atoms with E-state index in [4.69, 9.17) is 16.3 Å². The lowest BCUT2D eigenvalue weighted by Crippen LogP contribution is -2.15. The van der Waals surface area contributed by atoms with Crippen molar-refractivity contribution in [3.05, 3.63) is 17.4 Å². The van der Waals surface area contributed by atoms with Crippen LogP contribution in [0, 0.1) is 5.92 Å². The number of hydrogen-bond acceptors (Lipinski definition) is 3. The molecule has 0 radical (unpaired) electrons. The van der Waals surface area contributed by atoms with E-state index in [1.54, 1.807) is 12.3 Å². The predicted octanol–water partition coefficient (Wildman–Crippen LogP) is 3.09. The van der Waals surface area contributed by atoms with Crippen LogP contribution >= 0.6 is 11.6 Å². The maximum atomic E-state index is 5.71. The van der Waals surface area contributed by atoms with E-state index in [0.717, 1.165) is 12.4 Å². The third-order valence-corrected chi connectivity index (χ3v) is 2.99. The van der Waals surface area contributed by atoms with Gasteiger partial charge in [0.25, 0.3) is 0 Å². The molecule has 1 saturated carbocycles. The largest absolute Gasteiger partial charge is 0.492 e. The summed E-state index contributed by atoms with van der Waals surface area (Å²) in [5, 5.41) is 7.80. The van der Waals surface area contributed by atoms with E-state index in [0.29, 0.717) is 11.1 Å². The smallest absolute Gasteiger partial charge is 0.155 e. The minimum absolute atomic E-state index is 0.385. The van der Waals surface area contributed by atoms with Gasteiger partial charge in [-0.25, -0.2) is 0 Å². The minimum atomic E-state index is 0.385. The molecule has 0 N–H and O–H groups in total. The van der Waals surface area contributed by atoms with Gasteiger partial charge >= 0.3 is 0 Å². The van der Waals surface area contributed by atoms with Crippen LogP contribution in [-0.4, -0.2) is 16.8 Å². The topological polar surface area (TPSA) is 35.0 Å². The molecule has 1 aliphatic carbocycles. The quantitative estimate of drug-likeness (QED) is 0.795. The lowest BCUT2D eigenvalue weighted by atomic mass is 9.90. The molecule has 1 fully saturated rings. The van der Waals surface area contributed by atoms with Crippen LogP contribution < -0.4 is 4.74 Å². The van der Waals surface area contributed by atoms with Crippen molar-refractivity contribution in [2.45, 2.75) is 32.1 Å². The average molecular weight is 227 g/mol. The molecule has 15 heavy (non-hydrogen) atoms. The number of hydrogen-bond donors (Lipinski definition) is 0. The highest BCUT2D eigenvalue weighted by Gasteiger charge is 2.13. The molecule has 1 aliphatic rings. The molecule has 0 bridgehead atoms. The van der Waals surface area contributed by atoms with Crippen molar-refractivity contribution in [1.82, 2.24) is 10.2 Å². The summed E-state index contributed by atoms with van der Waals surface area (Å²) in [4.78, 5) is 0. The zero-order valence-electron chi connectivity index (χ0n) is 8.66. The van der Waals surface area contributed by atoms with Crippen molar-refractivity contribution in [3.8, 4) is 5.75 Å². The second-order valence-electron chi connectivity index (χ2n) is 4.03. The molecule has 1 aromatic heterocycles. The Morgan fingerprint density at radius 2 is 2.13 bits per heavy atom. The van der Waals surface area contributed by atoms with Gasteiger partial charge in [0.05, 0.1) is 12.8 Å². The summed E-state index contributed by atoms with van der Waals surface area (Å²) in [6.07, 6.45) is 8.22. The van der Waals surface area contributed by atoms with E-state index in [9.17, 15) is 0 Å². The third kappa shape index (κ3) is 3.34. The van der Waals surface area contributed by atoms with Gasteiger partial charge in [0.1, 0.15) is 5.75 Å². The van der Waals surface area contributed by atoms with Crippen molar-refractivity contribution in [2.75, 3.05) is 6.61 Å². The molecule has 1 heterocycles. The zero-order valence-corrected chi connectivity index (χ0v) is 9.41. The van der Waals surface area contributed by atoms with Crippen LogP contribution in [0.15, 0.2) is 12.3 Å². The highest BCUT2D eigenvalue weighted by molar-refractivity contribution is 6.29. The summed E-state index contributed by atoms with van der Waals surface area (Å²) in [6.45, 7) is 0.780. The van der Waals surface area contributed by atoms with Crippen molar-refractivity contribution < 1.29 is 4.74 Å². The van der Waals surface area contributed by atoms with Crippen molar-refractivity contribution in [3.63, 3.8) is 0 Å². The Kier molecular flexibility index (Phi) is 3.78. The lowest BCUT2D eigenvalue weighted by Gasteiger charge is -2.21. The van der Waals surface area contributed by atoms with E-state index in [1.807, 2.05) is 0 Å². The van der Waals surface area contributed by atoms with E-state index < -0.39 is 0 Å². The van der Waals surface area contributed by atoms with Gasteiger partial charge in [-0.3, -0.25) is 0 Å². The summed E-state index contributed by atoms with van der Waals surface area (Å²) in [5.41, 5.74) is 0. The maximum absolute atomic E-state index is 5.71. The molecule has 4 heteroatoms. The Balaban J connectivity index is 1.81. The van der Waals surface area contributed by atoms with Gasteiger partial charge in [0.15, 0.2) is 5.15 Å². The number of halogens is 1. The molecule has 1 aromatic rings. The fraction of sp³-hybridized carbons (Fsp3) is 0.636. The van der Waals surface area contributed by atoms with Crippen molar-refractivity contribution >= 4 is 11.6 Å². The molecule has 0 aliphatic heterocycles. The first kappa shape index (κ1) is 10.7. The van der Waals surface area contributed by atoms with Crippen LogP contribution in [0.2, 0.25) is 5.15 Å². The minimum Gasteiger partial charge on any atom is -0.492 e. The summed E-state index contributed by atoms with van der Waals surface area (Å²) < 4.78 is 5.64. The van der Waals surface area contributed by atoms with E-state index >= 15 is 0 Å². The highest BCUT2D eigenvalue weighted by atomic mass is 35.5. The van der Waals surface area contributed by atoms with Crippen LogP contribution in [0.1, 0.15) is 32.1 Å². The van der Waals surface area contributed by atoms with Crippen LogP contribution in [0.4, 0.5) is 0 Å². The fourth-order valence-corrected chi connectivity index (χ4v) is 2.12. The number of nitrogens with zero attached hydrogens (tertiary/aromatic N) is 2. The molecule has 0 unspecified atom stereocenters. The van der Waals surface area contributed by atoms with Gasteiger partial charge in [0, 0.05) is 6.07 Å². The summed E-state index contributed by atoms with van der Waals surface area (Å²) >= 11 is 5.71.